The van der Waals surface area contributed by atoms with Crippen molar-refractivity contribution in [2.75, 3.05) is 5.73 Å². The predicted molar refractivity (Wildman–Crippen MR) is 89.8 cm³/mol. The summed E-state index contributed by atoms with van der Waals surface area (Å²) in [5.74, 6) is 1.20. The normalized spacial score (nSPS) is 25.4. The number of carbonyl (C=O) groups is 1. The second kappa shape index (κ2) is 5.34. The Bertz CT molecular complexity index is 691. The summed E-state index contributed by atoms with van der Waals surface area (Å²) in [6.45, 7) is 6.52. The minimum Gasteiger partial charge on any atom is -0.397 e. The van der Waals surface area contributed by atoms with Crippen LogP contribution < -0.4 is 11.1 Å². The fourth-order valence-electron chi connectivity index (χ4n) is 3.20. The summed E-state index contributed by atoms with van der Waals surface area (Å²) in [4.78, 5) is 13.2. The number of hydrogen-bond donors (Lipinski definition) is 2. The van der Waals surface area contributed by atoms with E-state index in [0.29, 0.717) is 22.4 Å². The molecule has 1 saturated carbocycles. The SMILES string of the molecule is Cc1ccc2sc(C(=O)NC3CCC(C)C3C)c(N)c2c1. The Balaban J connectivity index is 1.86. The first-order chi connectivity index (χ1) is 9.97. The highest BCUT2D eigenvalue weighted by molar-refractivity contribution is 7.21. The molecule has 1 fully saturated rings. The Kier molecular flexibility index (Phi) is 3.66. The summed E-state index contributed by atoms with van der Waals surface area (Å²) in [7, 11) is 0. The molecule has 0 spiro atoms. The Hall–Kier alpha value is -1.55. The maximum atomic E-state index is 12.5. The lowest BCUT2D eigenvalue weighted by Gasteiger charge is -2.19. The van der Waals surface area contributed by atoms with Gasteiger partial charge in [-0.25, -0.2) is 0 Å². The van der Waals surface area contributed by atoms with Crippen molar-refractivity contribution in [1.29, 1.82) is 0 Å². The quantitative estimate of drug-likeness (QED) is 0.882. The van der Waals surface area contributed by atoms with Crippen molar-refractivity contribution < 1.29 is 4.79 Å². The molecule has 4 heteroatoms. The van der Waals surface area contributed by atoms with Crippen LogP contribution in [0.4, 0.5) is 5.69 Å². The third-order valence-corrected chi connectivity index (χ3v) is 6.06. The van der Waals surface area contributed by atoms with Crippen LogP contribution in [0.3, 0.4) is 0 Å². The van der Waals surface area contributed by atoms with E-state index in [9.17, 15) is 4.79 Å². The highest BCUT2D eigenvalue weighted by Gasteiger charge is 2.31. The van der Waals surface area contributed by atoms with Crippen molar-refractivity contribution in [3.63, 3.8) is 0 Å². The van der Waals surface area contributed by atoms with Gasteiger partial charge < -0.3 is 11.1 Å². The Morgan fingerprint density at radius 1 is 1.33 bits per heavy atom. The fraction of sp³-hybridized carbons (Fsp3) is 0.471. The lowest BCUT2D eigenvalue weighted by molar-refractivity contribution is 0.0932. The average Bonchev–Trinajstić information content (AvgIpc) is 2.94. The molecular formula is C17H22N2OS. The van der Waals surface area contributed by atoms with Crippen LogP contribution in [0.25, 0.3) is 10.1 Å². The van der Waals surface area contributed by atoms with E-state index in [1.54, 1.807) is 0 Å². The van der Waals surface area contributed by atoms with Gasteiger partial charge in [-0.05, 0) is 43.7 Å². The maximum absolute atomic E-state index is 12.5. The fourth-order valence-corrected chi connectivity index (χ4v) is 4.21. The molecule has 3 rings (SSSR count). The Morgan fingerprint density at radius 2 is 2.10 bits per heavy atom. The van der Waals surface area contributed by atoms with Gasteiger partial charge in [-0.3, -0.25) is 4.79 Å². The van der Waals surface area contributed by atoms with Crippen LogP contribution in [-0.2, 0) is 0 Å². The lowest BCUT2D eigenvalue weighted by atomic mass is 9.98. The first-order valence-corrected chi connectivity index (χ1v) is 8.38. The molecule has 3 atom stereocenters. The van der Waals surface area contributed by atoms with Gasteiger partial charge >= 0.3 is 0 Å². The third-order valence-electron chi connectivity index (χ3n) is 4.87. The number of nitrogens with one attached hydrogen (secondary N) is 1. The number of carbonyl (C=O) groups excluding carboxylic acids is 1. The number of amides is 1. The monoisotopic (exact) mass is 302 g/mol. The molecule has 1 heterocycles. The zero-order valence-electron chi connectivity index (χ0n) is 12.8. The summed E-state index contributed by atoms with van der Waals surface area (Å²) in [6, 6.07) is 6.43. The number of nitrogens with two attached hydrogens (primary N) is 1. The molecule has 1 aliphatic carbocycles. The molecule has 0 bridgehead atoms. The van der Waals surface area contributed by atoms with Crippen LogP contribution in [-0.4, -0.2) is 11.9 Å². The van der Waals surface area contributed by atoms with Crippen LogP contribution in [0.5, 0.6) is 0 Å². The summed E-state index contributed by atoms with van der Waals surface area (Å²) in [6.07, 6.45) is 2.26. The second-order valence-corrected chi connectivity index (χ2v) is 7.39. The maximum Gasteiger partial charge on any atom is 0.263 e. The van der Waals surface area contributed by atoms with Crippen LogP contribution in [0.15, 0.2) is 18.2 Å². The molecule has 3 unspecified atom stereocenters. The van der Waals surface area contributed by atoms with Crippen molar-refractivity contribution in [2.24, 2.45) is 11.8 Å². The molecule has 1 amide bonds. The second-order valence-electron chi connectivity index (χ2n) is 6.34. The predicted octanol–water partition coefficient (Wildman–Crippen LogP) is 3.96. The standard InChI is InChI=1S/C17H22N2OS/c1-9-4-7-14-12(8-9)15(18)16(21-14)17(20)19-13-6-5-10(2)11(13)3/h4,7-8,10-11,13H,5-6,18H2,1-3H3,(H,19,20). The molecule has 2 aromatic rings. The minimum absolute atomic E-state index is 0.0164. The number of aryl methyl sites for hydroxylation is 1. The van der Waals surface area contributed by atoms with Gasteiger partial charge in [0.05, 0.1) is 5.69 Å². The molecule has 3 nitrogen and oxygen atoms in total. The third kappa shape index (κ3) is 2.53. The van der Waals surface area contributed by atoms with Gasteiger partial charge in [0.15, 0.2) is 0 Å². The summed E-state index contributed by atoms with van der Waals surface area (Å²) in [5, 5.41) is 4.18. The van der Waals surface area contributed by atoms with Crippen LogP contribution in [0.1, 0.15) is 41.9 Å². The van der Waals surface area contributed by atoms with Crippen molar-refractivity contribution in [3.8, 4) is 0 Å². The van der Waals surface area contributed by atoms with E-state index >= 15 is 0 Å². The van der Waals surface area contributed by atoms with E-state index < -0.39 is 0 Å². The number of anilines is 1. The molecule has 0 radical (unpaired) electrons. The zero-order chi connectivity index (χ0) is 15.1. The van der Waals surface area contributed by atoms with Crippen LogP contribution in [0.2, 0.25) is 0 Å². The first-order valence-electron chi connectivity index (χ1n) is 7.57. The molecule has 3 N–H and O–H groups in total. The van der Waals surface area contributed by atoms with E-state index in [-0.39, 0.29) is 11.9 Å². The van der Waals surface area contributed by atoms with Crippen LogP contribution in [0, 0.1) is 18.8 Å². The number of fused-ring (bicyclic) bond motifs is 1. The van der Waals surface area contributed by atoms with Gasteiger partial charge in [0.1, 0.15) is 4.88 Å². The van der Waals surface area contributed by atoms with Crippen molar-refractivity contribution in [1.82, 2.24) is 5.32 Å². The van der Waals surface area contributed by atoms with E-state index in [1.807, 2.05) is 13.0 Å². The highest BCUT2D eigenvalue weighted by atomic mass is 32.1. The summed E-state index contributed by atoms with van der Waals surface area (Å²) < 4.78 is 1.08. The smallest absolute Gasteiger partial charge is 0.263 e. The van der Waals surface area contributed by atoms with Gasteiger partial charge in [-0.1, -0.05) is 25.5 Å². The molecule has 1 aromatic carbocycles. The molecule has 21 heavy (non-hydrogen) atoms. The van der Waals surface area contributed by atoms with E-state index in [2.05, 4.69) is 31.3 Å². The highest BCUT2D eigenvalue weighted by Crippen LogP contribution is 2.35. The largest absolute Gasteiger partial charge is 0.397 e. The van der Waals surface area contributed by atoms with Gasteiger partial charge in [0.25, 0.3) is 5.91 Å². The summed E-state index contributed by atoms with van der Waals surface area (Å²) in [5.41, 5.74) is 7.98. The van der Waals surface area contributed by atoms with Gasteiger partial charge in [0.2, 0.25) is 0 Å². The number of thiophene rings is 1. The van der Waals surface area contributed by atoms with E-state index in [0.717, 1.165) is 22.1 Å². The number of rotatable bonds is 2. The molecule has 1 aliphatic rings. The molecule has 112 valence electrons. The molecular weight excluding hydrogens is 280 g/mol. The van der Waals surface area contributed by atoms with E-state index in [4.69, 9.17) is 5.73 Å². The zero-order valence-corrected chi connectivity index (χ0v) is 13.6. The van der Waals surface area contributed by atoms with Gasteiger partial charge in [0, 0.05) is 16.1 Å². The number of hydrogen-bond acceptors (Lipinski definition) is 3. The van der Waals surface area contributed by atoms with Crippen molar-refractivity contribution in [2.45, 2.75) is 39.7 Å². The van der Waals surface area contributed by atoms with Crippen molar-refractivity contribution >= 4 is 33.0 Å². The Morgan fingerprint density at radius 3 is 2.76 bits per heavy atom. The Labute approximate surface area is 129 Å². The van der Waals surface area contributed by atoms with Gasteiger partial charge in [-0.15, -0.1) is 11.3 Å². The first kappa shape index (κ1) is 14.4. The number of nitrogen functional groups attached to an aromatic ring is 1. The number of benzene rings is 1. The van der Waals surface area contributed by atoms with E-state index in [1.165, 1.54) is 17.8 Å². The van der Waals surface area contributed by atoms with Gasteiger partial charge in [-0.2, -0.15) is 0 Å². The molecule has 1 aromatic heterocycles. The lowest BCUT2D eigenvalue weighted by Crippen LogP contribution is -2.37. The summed E-state index contributed by atoms with van der Waals surface area (Å²) >= 11 is 1.49. The van der Waals surface area contributed by atoms with Crippen molar-refractivity contribution in [3.05, 3.63) is 28.6 Å². The molecule has 0 aliphatic heterocycles. The van der Waals surface area contributed by atoms with Crippen LogP contribution >= 0.6 is 11.3 Å². The minimum atomic E-state index is -0.0164. The topological polar surface area (TPSA) is 55.1 Å². The molecule has 0 saturated heterocycles. The average molecular weight is 302 g/mol.